The Balaban J connectivity index is 1.52. The number of carbonyl (C=O) groups excluding carboxylic acids is 1. The average molecular weight is 351 g/mol. The lowest BCUT2D eigenvalue weighted by Crippen LogP contribution is -2.35. The normalized spacial score (nSPS) is 14.4. The van der Waals surface area contributed by atoms with E-state index in [1.165, 1.54) is 18.6 Å². The van der Waals surface area contributed by atoms with Gasteiger partial charge in [0.15, 0.2) is 0 Å². The second-order valence-electron chi connectivity index (χ2n) is 6.36. The number of rotatable bonds is 3. The van der Waals surface area contributed by atoms with Crippen molar-refractivity contribution in [3.8, 4) is 22.8 Å². The van der Waals surface area contributed by atoms with Crippen LogP contribution in [-0.2, 0) is 0 Å². The van der Waals surface area contributed by atoms with Crippen LogP contribution in [0.3, 0.4) is 0 Å². The molecule has 0 saturated carbocycles. The number of carbonyl (C=O) groups is 1. The molecular formula is C20H18FN3O2. The molecule has 1 fully saturated rings. The van der Waals surface area contributed by atoms with E-state index >= 15 is 0 Å². The Kier molecular flexibility index (Phi) is 4.48. The highest BCUT2D eigenvalue weighted by molar-refractivity contribution is 5.94. The molecular weight excluding hydrogens is 333 g/mol. The van der Waals surface area contributed by atoms with Crippen molar-refractivity contribution in [2.45, 2.75) is 19.3 Å². The third-order valence-corrected chi connectivity index (χ3v) is 4.55. The number of nitrogens with zero attached hydrogens (tertiary/aromatic N) is 3. The van der Waals surface area contributed by atoms with Gasteiger partial charge in [-0.05, 0) is 67.8 Å². The smallest absolute Gasteiger partial charge is 0.258 e. The summed E-state index contributed by atoms with van der Waals surface area (Å²) in [7, 11) is 0. The van der Waals surface area contributed by atoms with Crippen LogP contribution in [0.1, 0.15) is 29.6 Å². The zero-order chi connectivity index (χ0) is 17.9. The summed E-state index contributed by atoms with van der Waals surface area (Å²) >= 11 is 0. The van der Waals surface area contributed by atoms with Gasteiger partial charge in [0.1, 0.15) is 5.82 Å². The van der Waals surface area contributed by atoms with E-state index in [0.717, 1.165) is 31.5 Å². The summed E-state index contributed by atoms with van der Waals surface area (Å²) in [5, 5.41) is 3.94. The number of amides is 1. The fraction of sp³-hybridized carbons (Fsp3) is 0.250. The Labute approximate surface area is 150 Å². The van der Waals surface area contributed by atoms with Crippen LogP contribution in [0.2, 0.25) is 0 Å². The Morgan fingerprint density at radius 3 is 2.27 bits per heavy atom. The third-order valence-electron chi connectivity index (χ3n) is 4.55. The van der Waals surface area contributed by atoms with Gasteiger partial charge >= 0.3 is 0 Å². The molecule has 3 aromatic rings. The first-order valence-electron chi connectivity index (χ1n) is 8.70. The maximum absolute atomic E-state index is 13.0. The van der Waals surface area contributed by atoms with Crippen molar-refractivity contribution in [3.63, 3.8) is 0 Å². The number of likely N-dealkylation sites (tertiary alicyclic amines) is 1. The standard InChI is InChI=1S/C20H18FN3O2/c21-17-10-8-14(9-11-17)18-22-19(26-23-18)15-4-6-16(7-5-15)20(25)24-12-2-1-3-13-24/h4-11H,1-3,12-13H2. The number of aromatic nitrogens is 2. The topological polar surface area (TPSA) is 59.2 Å². The first kappa shape index (κ1) is 16.4. The monoisotopic (exact) mass is 351 g/mol. The summed E-state index contributed by atoms with van der Waals surface area (Å²) in [6, 6.07) is 13.1. The van der Waals surface area contributed by atoms with Crippen LogP contribution in [0.15, 0.2) is 53.1 Å². The Morgan fingerprint density at radius 2 is 1.58 bits per heavy atom. The van der Waals surface area contributed by atoms with Crippen LogP contribution in [0.25, 0.3) is 22.8 Å². The van der Waals surface area contributed by atoms with Crippen LogP contribution in [0.5, 0.6) is 0 Å². The molecule has 26 heavy (non-hydrogen) atoms. The molecule has 1 aliphatic heterocycles. The highest BCUT2D eigenvalue weighted by Gasteiger charge is 2.18. The molecule has 5 nitrogen and oxygen atoms in total. The number of hydrogen-bond donors (Lipinski definition) is 0. The van der Waals surface area contributed by atoms with Crippen LogP contribution in [0, 0.1) is 5.82 Å². The third kappa shape index (κ3) is 3.35. The molecule has 0 radical (unpaired) electrons. The van der Waals surface area contributed by atoms with Crippen LogP contribution < -0.4 is 0 Å². The predicted molar refractivity (Wildman–Crippen MR) is 94.9 cm³/mol. The summed E-state index contributed by atoms with van der Waals surface area (Å²) in [6.07, 6.45) is 3.33. The second-order valence-corrected chi connectivity index (χ2v) is 6.36. The van der Waals surface area contributed by atoms with E-state index in [4.69, 9.17) is 4.52 Å². The molecule has 1 amide bonds. The lowest BCUT2D eigenvalue weighted by atomic mass is 10.1. The molecule has 1 aliphatic rings. The molecule has 0 N–H and O–H groups in total. The molecule has 1 saturated heterocycles. The fourth-order valence-electron chi connectivity index (χ4n) is 3.09. The summed E-state index contributed by atoms with van der Waals surface area (Å²) in [5.41, 5.74) is 2.08. The quantitative estimate of drug-likeness (QED) is 0.711. The van der Waals surface area contributed by atoms with Gasteiger partial charge in [-0.25, -0.2) is 4.39 Å². The lowest BCUT2D eigenvalue weighted by Gasteiger charge is -2.26. The molecule has 0 bridgehead atoms. The van der Waals surface area contributed by atoms with Gasteiger partial charge in [0.2, 0.25) is 5.82 Å². The largest absolute Gasteiger partial charge is 0.339 e. The van der Waals surface area contributed by atoms with Gasteiger partial charge in [0.05, 0.1) is 0 Å². The number of halogens is 1. The first-order valence-corrected chi connectivity index (χ1v) is 8.70. The molecule has 1 aromatic heterocycles. The van der Waals surface area contributed by atoms with Crippen LogP contribution >= 0.6 is 0 Å². The Hall–Kier alpha value is -3.02. The van der Waals surface area contributed by atoms with Gasteiger partial charge in [0, 0.05) is 29.8 Å². The van der Waals surface area contributed by atoms with E-state index < -0.39 is 0 Å². The molecule has 2 aromatic carbocycles. The van der Waals surface area contributed by atoms with E-state index in [2.05, 4.69) is 10.1 Å². The van der Waals surface area contributed by atoms with Crippen molar-refractivity contribution >= 4 is 5.91 Å². The predicted octanol–water partition coefficient (Wildman–Crippen LogP) is 4.17. The van der Waals surface area contributed by atoms with Gasteiger partial charge in [-0.15, -0.1) is 0 Å². The van der Waals surface area contributed by atoms with E-state index in [9.17, 15) is 9.18 Å². The SMILES string of the molecule is O=C(c1ccc(-c2nc(-c3ccc(F)cc3)no2)cc1)N1CCCCC1. The van der Waals surface area contributed by atoms with Crippen molar-refractivity contribution in [1.29, 1.82) is 0 Å². The Bertz CT molecular complexity index is 898. The maximum Gasteiger partial charge on any atom is 0.258 e. The summed E-state index contributed by atoms with van der Waals surface area (Å²) in [5.74, 6) is 0.509. The molecule has 2 heterocycles. The van der Waals surface area contributed by atoms with Crippen molar-refractivity contribution in [1.82, 2.24) is 15.0 Å². The van der Waals surface area contributed by atoms with E-state index in [1.54, 1.807) is 36.4 Å². The number of piperidine rings is 1. The zero-order valence-electron chi connectivity index (χ0n) is 14.2. The molecule has 0 spiro atoms. The van der Waals surface area contributed by atoms with Gasteiger partial charge < -0.3 is 9.42 Å². The second kappa shape index (κ2) is 7.07. The van der Waals surface area contributed by atoms with Gasteiger partial charge in [-0.2, -0.15) is 4.98 Å². The summed E-state index contributed by atoms with van der Waals surface area (Å²) < 4.78 is 18.3. The molecule has 6 heteroatoms. The first-order chi connectivity index (χ1) is 12.7. The van der Waals surface area contributed by atoms with Crippen molar-refractivity contribution in [3.05, 3.63) is 59.9 Å². The van der Waals surface area contributed by atoms with E-state index in [0.29, 0.717) is 22.8 Å². The van der Waals surface area contributed by atoms with Gasteiger partial charge in [-0.3, -0.25) is 4.79 Å². The van der Waals surface area contributed by atoms with E-state index in [-0.39, 0.29) is 11.7 Å². The van der Waals surface area contributed by atoms with Crippen molar-refractivity contribution in [2.24, 2.45) is 0 Å². The Morgan fingerprint density at radius 1 is 0.923 bits per heavy atom. The van der Waals surface area contributed by atoms with E-state index in [1.807, 2.05) is 4.90 Å². The molecule has 132 valence electrons. The van der Waals surface area contributed by atoms with Crippen LogP contribution in [0.4, 0.5) is 4.39 Å². The molecule has 0 aliphatic carbocycles. The minimum atomic E-state index is -0.313. The summed E-state index contributed by atoms with van der Waals surface area (Å²) in [6.45, 7) is 1.65. The minimum absolute atomic E-state index is 0.0637. The van der Waals surface area contributed by atoms with Gasteiger partial charge in [0.25, 0.3) is 11.8 Å². The average Bonchev–Trinajstić information content (AvgIpc) is 3.19. The number of hydrogen-bond acceptors (Lipinski definition) is 4. The number of benzene rings is 2. The zero-order valence-corrected chi connectivity index (χ0v) is 14.2. The maximum atomic E-state index is 13.0. The fourth-order valence-corrected chi connectivity index (χ4v) is 3.09. The van der Waals surface area contributed by atoms with Crippen LogP contribution in [-0.4, -0.2) is 34.0 Å². The highest BCUT2D eigenvalue weighted by Crippen LogP contribution is 2.23. The summed E-state index contributed by atoms with van der Waals surface area (Å²) in [4.78, 5) is 18.8. The lowest BCUT2D eigenvalue weighted by molar-refractivity contribution is 0.0724. The molecule has 4 rings (SSSR count). The molecule has 0 atom stereocenters. The van der Waals surface area contributed by atoms with Crippen molar-refractivity contribution < 1.29 is 13.7 Å². The highest BCUT2D eigenvalue weighted by atomic mass is 19.1. The minimum Gasteiger partial charge on any atom is -0.339 e. The van der Waals surface area contributed by atoms with Gasteiger partial charge in [-0.1, -0.05) is 5.16 Å². The molecule has 0 unspecified atom stereocenters. The van der Waals surface area contributed by atoms with Crippen molar-refractivity contribution in [2.75, 3.05) is 13.1 Å².